The molecule has 2 aromatic heterocycles. The molecule has 1 aliphatic heterocycles. The molecule has 4 rings (SSSR count). The molecule has 1 aromatic carbocycles. The van der Waals surface area contributed by atoms with Crippen LogP contribution in [-0.4, -0.2) is 42.1 Å². The lowest BCUT2D eigenvalue weighted by molar-refractivity contribution is 0.0342. The smallest absolute Gasteiger partial charge is 0.251 e. The summed E-state index contributed by atoms with van der Waals surface area (Å²) in [6.45, 7) is 6.97. The van der Waals surface area contributed by atoms with Crippen LogP contribution in [0.25, 0.3) is 10.6 Å². The maximum absolute atomic E-state index is 12.5. The highest BCUT2D eigenvalue weighted by Crippen LogP contribution is 2.28. The predicted molar refractivity (Wildman–Crippen MR) is 114 cm³/mol. The van der Waals surface area contributed by atoms with Gasteiger partial charge in [0, 0.05) is 35.5 Å². The van der Waals surface area contributed by atoms with E-state index in [4.69, 9.17) is 4.74 Å². The van der Waals surface area contributed by atoms with E-state index >= 15 is 0 Å². The number of hydrogen-bond acceptors (Lipinski definition) is 6. The van der Waals surface area contributed by atoms with Crippen LogP contribution in [-0.2, 0) is 17.8 Å². The number of carbonyl (C=O) groups is 1. The second-order valence-corrected chi connectivity index (χ2v) is 9.02. The van der Waals surface area contributed by atoms with Crippen LogP contribution in [0, 0.1) is 6.92 Å². The van der Waals surface area contributed by atoms with Crippen LogP contribution in [0.4, 0.5) is 0 Å². The monoisotopic (exact) mass is 413 g/mol. The number of hydrogen-bond donors (Lipinski definition) is 1. The average molecular weight is 414 g/mol. The number of nitrogens with zero attached hydrogens (tertiary/aromatic N) is 2. The number of rotatable bonds is 6. The molecule has 5 nitrogen and oxygen atoms in total. The summed E-state index contributed by atoms with van der Waals surface area (Å²) in [5.41, 5.74) is 2.93. The Morgan fingerprint density at radius 2 is 1.96 bits per heavy atom. The minimum atomic E-state index is -0.0441. The normalized spacial score (nSPS) is 14.9. The Kier molecular flexibility index (Phi) is 6.17. The van der Waals surface area contributed by atoms with E-state index in [0.29, 0.717) is 12.1 Å². The highest BCUT2D eigenvalue weighted by atomic mass is 32.1. The highest BCUT2D eigenvalue weighted by Gasteiger charge is 2.12. The molecule has 0 atom stereocenters. The van der Waals surface area contributed by atoms with E-state index in [0.717, 1.165) is 53.3 Å². The van der Waals surface area contributed by atoms with Crippen molar-refractivity contribution in [3.8, 4) is 10.6 Å². The number of aromatic nitrogens is 1. The molecule has 7 heteroatoms. The first kappa shape index (κ1) is 19.3. The number of benzene rings is 1. The van der Waals surface area contributed by atoms with E-state index in [9.17, 15) is 4.79 Å². The van der Waals surface area contributed by atoms with E-state index in [1.807, 2.05) is 31.2 Å². The molecule has 0 unspecified atom stereocenters. The number of nitrogens with one attached hydrogen (secondary N) is 1. The molecule has 1 fully saturated rings. The molecule has 1 aliphatic rings. The summed E-state index contributed by atoms with van der Waals surface area (Å²) in [5.74, 6) is -0.0441. The Balaban J connectivity index is 1.30. The summed E-state index contributed by atoms with van der Waals surface area (Å²) >= 11 is 3.32. The topological polar surface area (TPSA) is 54.5 Å². The van der Waals surface area contributed by atoms with Crippen molar-refractivity contribution in [3.05, 3.63) is 62.8 Å². The molecule has 3 aromatic rings. The number of ether oxygens (including phenoxy) is 1. The Bertz CT molecular complexity index is 927. The van der Waals surface area contributed by atoms with Crippen LogP contribution in [0.2, 0.25) is 0 Å². The number of thiazole rings is 1. The second-order valence-electron chi connectivity index (χ2n) is 6.79. The number of amides is 1. The lowest BCUT2D eigenvalue weighted by Gasteiger charge is -2.26. The van der Waals surface area contributed by atoms with Crippen molar-refractivity contribution in [2.45, 2.75) is 20.0 Å². The molecule has 1 amide bonds. The first-order valence-electron chi connectivity index (χ1n) is 9.36. The summed E-state index contributed by atoms with van der Waals surface area (Å²) < 4.78 is 5.38. The molecule has 28 heavy (non-hydrogen) atoms. The molecule has 0 saturated carbocycles. The highest BCUT2D eigenvalue weighted by molar-refractivity contribution is 7.16. The molecular weight excluding hydrogens is 390 g/mol. The summed E-state index contributed by atoms with van der Waals surface area (Å²) in [5, 5.41) is 6.15. The lowest BCUT2D eigenvalue weighted by Crippen LogP contribution is -2.35. The van der Waals surface area contributed by atoms with E-state index < -0.39 is 0 Å². The second kappa shape index (κ2) is 8.96. The van der Waals surface area contributed by atoms with Crippen molar-refractivity contribution in [1.29, 1.82) is 0 Å². The molecular formula is C21H23N3O2S2. The van der Waals surface area contributed by atoms with Gasteiger partial charge in [0.25, 0.3) is 5.91 Å². The summed E-state index contributed by atoms with van der Waals surface area (Å²) in [6.07, 6.45) is 0. The third-order valence-electron chi connectivity index (χ3n) is 4.68. The van der Waals surface area contributed by atoms with Crippen LogP contribution in [0.15, 0.2) is 41.8 Å². The fourth-order valence-electron chi connectivity index (χ4n) is 3.14. The Morgan fingerprint density at radius 1 is 1.18 bits per heavy atom. The molecule has 3 heterocycles. The number of aryl methyl sites for hydroxylation is 1. The van der Waals surface area contributed by atoms with Gasteiger partial charge < -0.3 is 10.1 Å². The van der Waals surface area contributed by atoms with Gasteiger partial charge in [0.15, 0.2) is 0 Å². The molecule has 1 N–H and O–H groups in total. The van der Waals surface area contributed by atoms with Crippen LogP contribution < -0.4 is 5.32 Å². The zero-order chi connectivity index (χ0) is 19.3. The maximum Gasteiger partial charge on any atom is 0.251 e. The zero-order valence-corrected chi connectivity index (χ0v) is 17.4. The van der Waals surface area contributed by atoms with Crippen molar-refractivity contribution < 1.29 is 9.53 Å². The molecule has 0 aliphatic carbocycles. The van der Waals surface area contributed by atoms with E-state index in [1.54, 1.807) is 22.7 Å². The minimum absolute atomic E-state index is 0.0441. The Labute approximate surface area is 173 Å². The van der Waals surface area contributed by atoms with Crippen molar-refractivity contribution in [1.82, 2.24) is 15.2 Å². The van der Waals surface area contributed by atoms with Crippen LogP contribution >= 0.6 is 22.7 Å². The lowest BCUT2D eigenvalue weighted by atomic mass is 10.1. The fourth-order valence-corrected chi connectivity index (χ4v) is 4.73. The minimum Gasteiger partial charge on any atom is -0.379 e. The number of carbonyl (C=O) groups excluding carboxylic acids is 1. The van der Waals surface area contributed by atoms with Gasteiger partial charge in [0.1, 0.15) is 0 Å². The largest absolute Gasteiger partial charge is 0.379 e. The number of morpholine rings is 1. The van der Waals surface area contributed by atoms with Gasteiger partial charge in [-0.05, 0) is 36.8 Å². The molecule has 0 spiro atoms. The van der Waals surface area contributed by atoms with Gasteiger partial charge in [-0.3, -0.25) is 9.69 Å². The van der Waals surface area contributed by atoms with Gasteiger partial charge in [-0.25, -0.2) is 4.98 Å². The third-order valence-corrected chi connectivity index (χ3v) is 6.56. The van der Waals surface area contributed by atoms with Crippen molar-refractivity contribution in [3.63, 3.8) is 0 Å². The van der Waals surface area contributed by atoms with Gasteiger partial charge in [0.05, 0.1) is 35.3 Å². The SMILES string of the molecule is Cc1nc(-c2ccc(CNC(=O)c3ccc(CN4CCOCC4)cc3)s2)cs1. The van der Waals surface area contributed by atoms with E-state index in [2.05, 4.69) is 32.7 Å². The van der Waals surface area contributed by atoms with Gasteiger partial charge in [-0.15, -0.1) is 22.7 Å². The van der Waals surface area contributed by atoms with Crippen molar-refractivity contribution >= 4 is 28.6 Å². The van der Waals surface area contributed by atoms with Crippen LogP contribution in [0.1, 0.15) is 25.8 Å². The maximum atomic E-state index is 12.5. The molecule has 1 saturated heterocycles. The first-order chi connectivity index (χ1) is 13.7. The zero-order valence-electron chi connectivity index (χ0n) is 15.8. The quantitative estimate of drug-likeness (QED) is 0.665. The molecule has 146 valence electrons. The average Bonchev–Trinajstić information content (AvgIpc) is 3.36. The van der Waals surface area contributed by atoms with Gasteiger partial charge in [0.2, 0.25) is 0 Å². The van der Waals surface area contributed by atoms with Gasteiger partial charge in [-0.2, -0.15) is 0 Å². The fraction of sp³-hybridized carbons (Fsp3) is 0.333. The molecule has 0 radical (unpaired) electrons. The summed E-state index contributed by atoms with van der Waals surface area (Å²) in [7, 11) is 0. The van der Waals surface area contributed by atoms with Crippen LogP contribution in [0.3, 0.4) is 0 Å². The van der Waals surface area contributed by atoms with Crippen LogP contribution in [0.5, 0.6) is 0 Å². The van der Waals surface area contributed by atoms with Gasteiger partial charge >= 0.3 is 0 Å². The van der Waals surface area contributed by atoms with Crippen molar-refractivity contribution in [2.24, 2.45) is 0 Å². The van der Waals surface area contributed by atoms with Crippen molar-refractivity contribution in [2.75, 3.05) is 26.3 Å². The third kappa shape index (κ3) is 4.86. The first-order valence-corrected chi connectivity index (χ1v) is 11.1. The van der Waals surface area contributed by atoms with Gasteiger partial charge in [-0.1, -0.05) is 12.1 Å². The Hall–Kier alpha value is -2.06. The molecule has 0 bridgehead atoms. The van der Waals surface area contributed by atoms with E-state index in [1.165, 1.54) is 5.56 Å². The number of thiophene rings is 1. The predicted octanol–water partition coefficient (Wildman–Crippen LogP) is 3.94. The summed E-state index contributed by atoms with van der Waals surface area (Å²) in [6, 6.07) is 12.0. The summed E-state index contributed by atoms with van der Waals surface area (Å²) in [4.78, 5) is 21.6. The Morgan fingerprint density at radius 3 is 2.68 bits per heavy atom. The van der Waals surface area contributed by atoms with E-state index in [-0.39, 0.29) is 5.91 Å². The standard InChI is InChI=1S/C21H23N3O2S2/c1-15-23-19(14-27-15)20-7-6-18(28-20)12-22-21(25)17-4-2-16(3-5-17)13-24-8-10-26-11-9-24/h2-7,14H,8-13H2,1H3,(H,22,25).